The highest BCUT2D eigenvalue weighted by Crippen LogP contribution is 2.25. The van der Waals surface area contributed by atoms with Crippen LogP contribution in [0.25, 0.3) is 0 Å². The fourth-order valence-electron chi connectivity index (χ4n) is 3.45. The van der Waals surface area contributed by atoms with E-state index in [-0.39, 0.29) is 30.1 Å². The summed E-state index contributed by atoms with van der Waals surface area (Å²) in [5, 5.41) is 6.28. The minimum absolute atomic E-state index is 0. The number of nitrogens with one attached hydrogen (secondary N) is 2. The molecule has 0 spiro atoms. The Labute approximate surface area is 149 Å². The Hall–Kier alpha value is -1.59. The van der Waals surface area contributed by atoms with Gasteiger partial charge in [-0.1, -0.05) is 12.1 Å². The third-order valence-electron chi connectivity index (χ3n) is 4.85. The van der Waals surface area contributed by atoms with Gasteiger partial charge in [0.05, 0.1) is 11.3 Å². The van der Waals surface area contributed by atoms with Crippen LogP contribution in [0.1, 0.15) is 41.6 Å². The number of amides is 2. The van der Waals surface area contributed by atoms with Crippen LogP contribution in [0.2, 0.25) is 0 Å². The van der Waals surface area contributed by atoms with Crippen LogP contribution in [0.4, 0.5) is 5.69 Å². The summed E-state index contributed by atoms with van der Waals surface area (Å²) in [6, 6.07) is 5.67. The van der Waals surface area contributed by atoms with Gasteiger partial charge >= 0.3 is 0 Å². The molecule has 0 aromatic heterocycles. The number of piperidine rings is 1. The second-order valence-corrected chi connectivity index (χ2v) is 6.51. The first-order valence-electron chi connectivity index (χ1n) is 8.57. The first-order chi connectivity index (χ1) is 11.2. The molecule has 2 heterocycles. The number of rotatable bonds is 3. The van der Waals surface area contributed by atoms with Gasteiger partial charge in [0.15, 0.2) is 0 Å². The molecule has 2 aliphatic rings. The van der Waals surface area contributed by atoms with Crippen LogP contribution in [0.3, 0.4) is 0 Å². The van der Waals surface area contributed by atoms with E-state index in [1.807, 2.05) is 30.0 Å². The maximum Gasteiger partial charge on any atom is 0.256 e. The van der Waals surface area contributed by atoms with E-state index >= 15 is 0 Å². The van der Waals surface area contributed by atoms with Crippen LogP contribution in [0.5, 0.6) is 0 Å². The van der Waals surface area contributed by atoms with E-state index in [0.29, 0.717) is 11.3 Å². The lowest BCUT2D eigenvalue weighted by atomic mass is 9.96. The Kier molecular flexibility index (Phi) is 6.63. The van der Waals surface area contributed by atoms with Crippen molar-refractivity contribution in [1.29, 1.82) is 0 Å². The third kappa shape index (κ3) is 4.08. The van der Waals surface area contributed by atoms with Crippen molar-refractivity contribution >= 4 is 29.9 Å². The summed E-state index contributed by atoms with van der Waals surface area (Å²) in [4.78, 5) is 27.2. The number of hydrogen-bond acceptors (Lipinski definition) is 3. The van der Waals surface area contributed by atoms with Crippen molar-refractivity contribution in [2.45, 2.75) is 32.6 Å². The summed E-state index contributed by atoms with van der Waals surface area (Å²) >= 11 is 0. The summed E-state index contributed by atoms with van der Waals surface area (Å²) in [6.07, 6.45) is 3.84. The number of carbonyl (C=O) groups excluding carboxylic acids is 2. The molecular formula is C18H26ClN3O2. The fourth-order valence-corrected chi connectivity index (χ4v) is 3.45. The summed E-state index contributed by atoms with van der Waals surface area (Å²) in [5.74, 6) is 0.111. The van der Waals surface area contributed by atoms with Gasteiger partial charge in [0, 0.05) is 19.0 Å². The zero-order valence-corrected chi connectivity index (χ0v) is 15.0. The van der Waals surface area contributed by atoms with Gasteiger partial charge < -0.3 is 15.5 Å². The standard InChI is InChI=1S/C18H25N3O2.ClH/c1-13-5-4-6-15(16(13)18(23)21-11-2-3-12-21)20-17(22)14-7-9-19-10-8-14;/h4-6,14,19H,2-3,7-12H2,1H3,(H,20,22);1H. The number of anilines is 1. The largest absolute Gasteiger partial charge is 0.339 e. The van der Waals surface area contributed by atoms with Crippen molar-refractivity contribution in [3.05, 3.63) is 29.3 Å². The van der Waals surface area contributed by atoms with Gasteiger partial charge in [-0.05, 0) is 57.3 Å². The van der Waals surface area contributed by atoms with E-state index in [1.165, 1.54) is 0 Å². The molecule has 0 atom stereocenters. The number of aryl methyl sites for hydroxylation is 1. The van der Waals surface area contributed by atoms with E-state index in [0.717, 1.165) is 57.4 Å². The van der Waals surface area contributed by atoms with Gasteiger partial charge in [0.25, 0.3) is 5.91 Å². The van der Waals surface area contributed by atoms with E-state index < -0.39 is 0 Å². The Bertz CT molecular complexity index is 594. The average molecular weight is 352 g/mol. The number of likely N-dealkylation sites (tertiary alicyclic amines) is 1. The lowest BCUT2D eigenvalue weighted by molar-refractivity contribution is -0.120. The molecule has 0 unspecified atom stereocenters. The highest BCUT2D eigenvalue weighted by atomic mass is 35.5. The molecule has 2 amide bonds. The summed E-state index contributed by atoms with van der Waals surface area (Å²) < 4.78 is 0. The van der Waals surface area contributed by atoms with E-state index in [1.54, 1.807) is 0 Å². The molecule has 1 aromatic rings. The van der Waals surface area contributed by atoms with Gasteiger partial charge in [0.2, 0.25) is 5.91 Å². The van der Waals surface area contributed by atoms with Crippen molar-refractivity contribution in [3.63, 3.8) is 0 Å². The number of carbonyl (C=O) groups is 2. The normalized spacial score (nSPS) is 18.1. The molecule has 0 radical (unpaired) electrons. The maximum absolute atomic E-state index is 12.8. The number of benzene rings is 1. The van der Waals surface area contributed by atoms with Crippen molar-refractivity contribution in [2.24, 2.45) is 5.92 Å². The number of hydrogen-bond donors (Lipinski definition) is 2. The Balaban J connectivity index is 0.00000208. The second-order valence-electron chi connectivity index (χ2n) is 6.51. The SMILES string of the molecule is Cc1cccc(NC(=O)C2CCNCC2)c1C(=O)N1CCCC1.Cl. The molecule has 0 bridgehead atoms. The molecule has 2 N–H and O–H groups in total. The molecule has 3 rings (SSSR count). The van der Waals surface area contributed by atoms with Crippen LogP contribution in [0, 0.1) is 12.8 Å². The van der Waals surface area contributed by atoms with Crippen molar-refractivity contribution in [1.82, 2.24) is 10.2 Å². The third-order valence-corrected chi connectivity index (χ3v) is 4.85. The van der Waals surface area contributed by atoms with Gasteiger partial charge in [-0.15, -0.1) is 12.4 Å². The van der Waals surface area contributed by atoms with Crippen LogP contribution < -0.4 is 10.6 Å². The zero-order chi connectivity index (χ0) is 16.2. The average Bonchev–Trinajstić information content (AvgIpc) is 3.10. The van der Waals surface area contributed by atoms with Crippen LogP contribution in [-0.2, 0) is 4.79 Å². The van der Waals surface area contributed by atoms with Gasteiger partial charge in [-0.25, -0.2) is 0 Å². The van der Waals surface area contributed by atoms with E-state index in [4.69, 9.17) is 0 Å². The number of nitrogens with zero attached hydrogens (tertiary/aromatic N) is 1. The quantitative estimate of drug-likeness (QED) is 0.879. The first-order valence-corrected chi connectivity index (χ1v) is 8.57. The van der Waals surface area contributed by atoms with Crippen LogP contribution in [0.15, 0.2) is 18.2 Å². The molecule has 2 saturated heterocycles. The smallest absolute Gasteiger partial charge is 0.256 e. The molecule has 0 aliphatic carbocycles. The van der Waals surface area contributed by atoms with Gasteiger partial charge in [0.1, 0.15) is 0 Å². The van der Waals surface area contributed by atoms with E-state index in [9.17, 15) is 9.59 Å². The molecule has 1 aromatic carbocycles. The second kappa shape index (κ2) is 8.49. The zero-order valence-electron chi connectivity index (χ0n) is 14.1. The van der Waals surface area contributed by atoms with Crippen molar-refractivity contribution in [2.75, 3.05) is 31.5 Å². The van der Waals surface area contributed by atoms with Crippen LogP contribution in [-0.4, -0.2) is 42.9 Å². The lowest BCUT2D eigenvalue weighted by Crippen LogP contribution is -2.35. The molecular weight excluding hydrogens is 326 g/mol. The Morgan fingerprint density at radius 2 is 1.83 bits per heavy atom. The topological polar surface area (TPSA) is 61.4 Å². The summed E-state index contributed by atoms with van der Waals surface area (Å²) in [5.41, 5.74) is 2.23. The molecule has 0 saturated carbocycles. The maximum atomic E-state index is 12.8. The fraction of sp³-hybridized carbons (Fsp3) is 0.556. The van der Waals surface area contributed by atoms with Gasteiger partial charge in [-0.2, -0.15) is 0 Å². The van der Waals surface area contributed by atoms with Gasteiger partial charge in [-0.3, -0.25) is 9.59 Å². The predicted molar refractivity (Wildman–Crippen MR) is 97.8 cm³/mol. The molecule has 2 aliphatic heterocycles. The van der Waals surface area contributed by atoms with Crippen LogP contribution >= 0.6 is 12.4 Å². The summed E-state index contributed by atoms with van der Waals surface area (Å²) in [6.45, 7) is 5.32. The minimum atomic E-state index is 0. The first kappa shape index (κ1) is 18.7. The number of halogens is 1. The van der Waals surface area contributed by atoms with E-state index in [2.05, 4.69) is 10.6 Å². The summed E-state index contributed by atoms with van der Waals surface area (Å²) in [7, 11) is 0. The highest BCUT2D eigenvalue weighted by Gasteiger charge is 2.26. The minimum Gasteiger partial charge on any atom is -0.339 e. The molecule has 2 fully saturated rings. The molecule has 6 heteroatoms. The molecule has 132 valence electrons. The highest BCUT2D eigenvalue weighted by molar-refractivity contribution is 6.05. The molecule has 24 heavy (non-hydrogen) atoms. The molecule has 5 nitrogen and oxygen atoms in total. The van der Waals surface area contributed by atoms with Crippen molar-refractivity contribution < 1.29 is 9.59 Å². The Morgan fingerprint density at radius 1 is 1.17 bits per heavy atom. The lowest BCUT2D eigenvalue weighted by Gasteiger charge is -2.24. The predicted octanol–water partition coefficient (Wildman–Crippen LogP) is 2.59. The monoisotopic (exact) mass is 351 g/mol. The Morgan fingerprint density at radius 3 is 2.50 bits per heavy atom. The van der Waals surface area contributed by atoms with Crippen molar-refractivity contribution in [3.8, 4) is 0 Å².